The number of methoxy groups -OCH3 is 1. The topological polar surface area (TPSA) is 66.8 Å². The van der Waals surface area contributed by atoms with Crippen molar-refractivity contribution in [1.82, 2.24) is 4.31 Å². The van der Waals surface area contributed by atoms with E-state index in [1.54, 1.807) is 6.07 Å². The van der Waals surface area contributed by atoms with E-state index in [-0.39, 0.29) is 19.7 Å². The van der Waals surface area contributed by atoms with Crippen LogP contribution in [-0.2, 0) is 14.8 Å². The number of aryl methyl sites for hydroxylation is 1. The van der Waals surface area contributed by atoms with Crippen LogP contribution in [-0.4, -0.2) is 50.2 Å². The minimum atomic E-state index is -3.51. The summed E-state index contributed by atoms with van der Waals surface area (Å²) in [7, 11) is -2.03. The van der Waals surface area contributed by atoms with E-state index in [9.17, 15) is 13.5 Å². The van der Waals surface area contributed by atoms with Crippen molar-refractivity contribution in [1.29, 1.82) is 0 Å². The molecule has 0 bridgehead atoms. The lowest BCUT2D eigenvalue weighted by molar-refractivity contribution is -0.103. The number of thiophene rings is 1. The Morgan fingerprint density at radius 3 is 2.67 bits per heavy atom. The van der Waals surface area contributed by atoms with Gasteiger partial charge in [0.1, 0.15) is 9.81 Å². The largest absolute Gasteiger partial charge is 0.385 e. The highest BCUT2D eigenvalue weighted by molar-refractivity contribution is 9.10. The third-order valence-corrected chi connectivity index (χ3v) is 7.21. The summed E-state index contributed by atoms with van der Waals surface area (Å²) in [5, 5.41) is 9.93. The fourth-order valence-corrected chi connectivity index (χ4v) is 6.36. The summed E-state index contributed by atoms with van der Waals surface area (Å²) >= 11 is 4.47. The maximum Gasteiger partial charge on any atom is 0.253 e. The number of halogens is 1. The first-order chi connectivity index (χ1) is 8.28. The average Bonchev–Trinajstić information content (AvgIpc) is 2.55. The predicted molar refractivity (Wildman–Crippen MR) is 72.3 cm³/mol. The van der Waals surface area contributed by atoms with Crippen LogP contribution in [0.5, 0.6) is 0 Å². The van der Waals surface area contributed by atoms with Crippen LogP contribution in [0.15, 0.2) is 14.7 Å². The Bertz CT molecular complexity index is 548. The molecule has 0 aromatic carbocycles. The summed E-state index contributed by atoms with van der Waals surface area (Å²) in [4.78, 5) is 0.924. The Morgan fingerprint density at radius 2 is 2.22 bits per heavy atom. The van der Waals surface area contributed by atoms with E-state index in [1.165, 1.54) is 22.8 Å². The van der Waals surface area contributed by atoms with Gasteiger partial charge in [-0.15, -0.1) is 11.3 Å². The number of β-amino-alcohol motifs (C(OH)–C–C–N with tert-alkyl or cyclic N) is 1. The van der Waals surface area contributed by atoms with E-state index in [4.69, 9.17) is 4.74 Å². The SMILES string of the molecule is COCC1(O)CN(S(=O)(=O)c2sc(C)cc2Br)C1. The van der Waals surface area contributed by atoms with Gasteiger partial charge in [0.05, 0.1) is 6.61 Å². The second-order valence-electron chi connectivity index (χ2n) is 4.42. The smallest absolute Gasteiger partial charge is 0.253 e. The highest BCUT2D eigenvalue weighted by Gasteiger charge is 2.48. The summed E-state index contributed by atoms with van der Waals surface area (Å²) in [6.45, 7) is 2.15. The first-order valence-electron chi connectivity index (χ1n) is 5.26. The fourth-order valence-electron chi connectivity index (χ4n) is 1.90. The Balaban J connectivity index is 2.18. The third-order valence-electron chi connectivity index (χ3n) is 2.71. The van der Waals surface area contributed by atoms with E-state index in [0.717, 1.165) is 4.88 Å². The normalized spacial score (nSPS) is 19.8. The second kappa shape index (κ2) is 4.84. The van der Waals surface area contributed by atoms with Crippen LogP contribution in [0.3, 0.4) is 0 Å². The standard InChI is InChI=1S/C10H14BrNO4S2/c1-7-3-8(11)9(17-7)18(14,15)12-4-10(13,5-12)6-16-2/h3,13H,4-6H2,1-2H3. The molecule has 0 aliphatic carbocycles. The molecule has 0 spiro atoms. The molecule has 2 rings (SSSR count). The molecule has 0 atom stereocenters. The van der Waals surface area contributed by atoms with E-state index >= 15 is 0 Å². The molecule has 0 saturated carbocycles. The zero-order chi connectivity index (χ0) is 13.6. The number of hydrogen-bond donors (Lipinski definition) is 1. The molecule has 1 N–H and O–H groups in total. The Labute approximate surface area is 119 Å². The minimum absolute atomic E-state index is 0.0760. The number of rotatable bonds is 4. The molecular formula is C10H14BrNO4S2. The highest BCUT2D eigenvalue weighted by Crippen LogP contribution is 2.36. The highest BCUT2D eigenvalue weighted by atomic mass is 79.9. The van der Waals surface area contributed by atoms with Crippen LogP contribution >= 0.6 is 27.3 Å². The van der Waals surface area contributed by atoms with Gasteiger partial charge in [0.25, 0.3) is 10.0 Å². The molecule has 1 fully saturated rings. The molecule has 0 unspecified atom stereocenters. The van der Waals surface area contributed by atoms with Gasteiger partial charge >= 0.3 is 0 Å². The Morgan fingerprint density at radius 1 is 1.61 bits per heavy atom. The molecule has 102 valence electrons. The Hall–Kier alpha value is 0.01000. The second-order valence-corrected chi connectivity index (χ2v) is 8.67. The van der Waals surface area contributed by atoms with Gasteiger partial charge in [-0.3, -0.25) is 0 Å². The molecule has 8 heteroatoms. The number of ether oxygens (including phenoxy) is 1. The number of nitrogens with zero attached hydrogens (tertiary/aromatic N) is 1. The quantitative estimate of drug-likeness (QED) is 0.881. The van der Waals surface area contributed by atoms with Crippen molar-refractivity contribution < 1.29 is 18.3 Å². The van der Waals surface area contributed by atoms with Gasteiger partial charge in [0, 0.05) is 29.5 Å². The summed E-state index contributed by atoms with van der Waals surface area (Å²) < 4.78 is 31.6. The fraction of sp³-hybridized carbons (Fsp3) is 0.600. The number of hydrogen-bond acceptors (Lipinski definition) is 5. The van der Waals surface area contributed by atoms with Crippen LogP contribution in [0.4, 0.5) is 0 Å². The van der Waals surface area contributed by atoms with Crippen LogP contribution in [0, 0.1) is 6.92 Å². The van der Waals surface area contributed by atoms with E-state index in [2.05, 4.69) is 15.9 Å². The number of sulfonamides is 1. The molecule has 18 heavy (non-hydrogen) atoms. The lowest BCUT2D eigenvalue weighted by Crippen LogP contribution is -2.65. The summed E-state index contributed by atoms with van der Waals surface area (Å²) in [5.74, 6) is 0. The average molecular weight is 356 g/mol. The molecule has 5 nitrogen and oxygen atoms in total. The maximum atomic E-state index is 12.3. The van der Waals surface area contributed by atoms with Gasteiger partial charge in [-0.25, -0.2) is 8.42 Å². The maximum absolute atomic E-state index is 12.3. The van der Waals surface area contributed by atoms with Gasteiger partial charge in [0.15, 0.2) is 0 Å². The summed E-state index contributed by atoms with van der Waals surface area (Å²) in [5.41, 5.74) is -1.05. The molecule has 2 heterocycles. The van der Waals surface area contributed by atoms with Crippen LogP contribution in [0.2, 0.25) is 0 Å². The monoisotopic (exact) mass is 355 g/mol. The van der Waals surface area contributed by atoms with Crippen molar-refractivity contribution in [2.75, 3.05) is 26.8 Å². The zero-order valence-electron chi connectivity index (χ0n) is 10.0. The van der Waals surface area contributed by atoms with Crippen molar-refractivity contribution in [3.63, 3.8) is 0 Å². The van der Waals surface area contributed by atoms with Gasteiger partial charge < -0.3 is 9.84 Å². The van der Waals surface area contributed by atoms with E-state index in [1.807, 2.05) is 6.92 Å². The van der Waals surface area contributed by atoms with Crippen molar-refractivity contribution in [2.24, 2.45) is 0 Å². The zero-order valence-corrected chi connectivity index (χ0v) is 13.2. The molecule has 1 aliphatic rings. The molecule has 0 radical (unpaired) electrons. The molecule has 1 aromatic heterocycles. The van der Waals surface area contributed by atoms with Crippen molar-refractivity contribution >= 4 is 37.3 Å². The number of aliphatic hydroxyl groups is 1. The van der Waals surface area contributed by atoms with Crippen molar-refractivity contribution in [3.05, 3.63) is 15.4 Å². The molecule has 0 amide bonds. The van der Waals surface area contributed by atoms with Crippen molar-refractivity contribution in [2.45, 2.75) is 16.7 Å². The van der Waals surface area contributed by atoms with Crippen molar-refractivity contribution in [3.8, 4) is 0 Å². The molecular weight excluding hydrogens is 342 g/mol. The lowest BCUT2D eigenvalue weighted by Gasteiger charge is -2.44. The van der Waals surface area contributed by atoms with E-state index < -0.39 is 15.6 Å². The minimum Gasteiger partial charge on any atom is -0.385 e. The molecule has 1 aliphatic heterocycles. The van der Waals surface area contributed by atoms with Gasteiger partial charge in [-0.1, -0.05) is 0 Å². The van der Waals surface area contributed by atoms with Crippen LogP contribution in [0.1, 0.15) is 4.88 Å². The summed E-state index contributed by atoms with van der Waals surface area (Å²) in [6, 6.07) is 1.78. The predicted octanol–water partition coefficient (Wildman–Crippen LogP) is 1.20. The Kier molecular flexibility index (Phi) is 3.88. The van der Waals surface area contributed by atoms with Crippen LogP contribution in [0.25, 0.3) is 0 Å². The van der Waals surface area contributed by atoms with Gasteiger partial charge in [-0.2, -0.15) is 4.31 Å². The lowest BCUT2D eigenvalue weighted by atomic mass is 9.99. The van der Waals surface area contributed by atoms with Crippen LogP contribution < -0.4 is 0 Å². The van der Waals surface area contributed by atoms with Gasteiger partial charge in [0.2, 0.25) is 0 Å². The van der Waals surface area contributed by atoms with Gasteiger partial charge in [-0.05, 0) is 28.9 Å². The summed E-state index contributed by atoms with van der Waals surface area (Å²) in [6.07, 6.45) is 0. The van der Waals surface area contributed by atoms with E-state index in [0.29, 0.717) is 8.68 Å². The molecule has 1 saturated heterocycles. The molecule has 1 aromatic rings. The first-order valence-corrected chi connectivity index (χ1v) is 8.31. The third kappa shape index (κ3) is 2.50. The first kappa shape index (κ1) is 14.4.